The van der Waals surface area contributed by atoms with Crippen molar-refractivity contribution in [2.24, 2.45) is 11.3 Å². The fourth-order valence-corrected chi connectivity index (χ4v) is 4.88. The molecule has 0 amide bonds. The minimum absolute atomic E-state index is 0.399. The number of carbonyl (C=O) groups is 2. The number of benzene rings is 1. The van der Waals surface area contributed by atoms with Crippen molar-refractivity contribution in [2.75, 3.05) is 0 Å². The molecular weight excluding hydrogens is 512 g/mol. The molecule has 1 aromatic carbocycles. The molecule has 0 radical (unpaired) electrons. The van der Waals surface area contributed by atoms with Gasteiger partial charge in [-0.1, -0.05) is 109 Å². The predicted molar refractivity (Wildman–Crippen MR) is 141 cm³/mol. The van der Waals surface area contributed by atoms with Gasteiger partial charge in [-0.05, 0) is 42.4 Å². The number of unbranched alkanes of at least 4 members (excludes halogenated alkanes) is 6. The number of carboxylic acid groups (broad SMARTS) is 1. The van der Waals surface area contributed by atoms with Crippen LogP contribution in [0.25, 0.3) is 0 Å². The minimum atomic E-state index is -4.93. The summed E-state index contributed by atoms with van der Waals surface area (Å²) in [7, 11) is 0. The number of aliphatic carboxylic acids is 1. The van der Waals surface area contributed by atoms with Crippen LogP contribution in [0.15, 0.2) is 48.3 Å². The number of carboxylic acids is 1. The van der Waals surface area contributed by atoms with Crippen LogP contribution in [0.4, 0.5) is 17.6 Å². The Kier molecular flexibility index (Phi) is 12.7. The maximum absolute atomic E-state index is 15.3. The van der Waals surface area contributed by atoms with Crippen molar-refractivity contribution in [3.63, 3.8) is 0 Å². The first-order valence-electron chi connectivity index (χ1n) is 14.1. The van der Waals surface area contributed by atoms with E-state index in [2.05, 4.69) is 11.7 Å². The predicted octanol–water partition coefficient (Wildman–Crippen LogP) is 7.52. The molecule has 218 valence electrons. The largest absolute Gasteiger partial charge is 0.548 e. The molecule has 0 saturated carbocycles. The van der Waals surface area contributed by atoms with Gasteiger partial charge in [-0.15, -0.1) is 0 Å². The highest BCUT2D eigenvalue weighted by molar-refractivity contribution is 6.04. The summed E-state index contributed by atoms with van der Waals surface area (Å²) in [5.74, 6) is -6.53. The molecule has 1 aliphatic rings. The Hall–Kier alpha value is -2.64. The van der Waals surface area contributed by atoms with Crippen molar-refractivity contribution in [2.45, 2.75) is 110 Å². The molecule has 0 fully saturated rings. The Morgan fingerprint density at radius 1 is 0.974 bits per heavy atom. The summed E-state index contributed by atoms with van der Waals surface area (Å²) in [6, 6.07) is 7.45. The van der Waals surface area contributed by atoms with E-state index in [1.54, 1.807) is 26.0 Å². The highest BCUT2D eigenvalue weighted by atomic mass is 19.4. The van der Waals surface area contributed by atoms with E-state index in [0.29, 0.717) is 18.4 Å². The highest BCUT2D eigenvalue weighted by Gasteiger charge is 2.51. The van der Waals surface area contributed by atoms with E-state index in [-0.39, 0.29) is 0 Å². The topological polar surface area (TPSA) is 66.4 Å². The molecule has 0 aliphatic heterocycles. The summed E-state index contributed by atoms with van der Waals surface area (Å²) in [6.45, 7) is 5.61. The summed E-state index contributed by atoms with van der Waals surface area (Å²) in [5, 5.41) is 12.0. The molecule has 39 heavy (non-hydrogen) atoms. The van der Waals surface area contributed by atoms with E-state index in [0.717, 1.165) is 37.0 Å². The van der Waals surface area contributed by atoms with E-state index in [4.69, 9.17) is 0 Å². The Bertz CT molecular complexity index is 979. The molecule has 3 atom stereocenters. The number of ether oxygens (including phenoxy) is 1. The first kappa shape index (κ1) is 32.6. The van der Waals surface area contributed by atoms with Crippen molar-refractivity contribution >= 4 is 11.9 Å². The van der Waals surface area contributed by atoms with Crippen LogP contribution in [0.1, 0.15) is 102 Å². The third kappa shape index (κ3) is 8.94. The molecule has 4 nitrogen and oxygen atoms in total. The number of halogens is 4. The maximum Gasteiger partial charge on any atom is 0.425 e. The number of hydrogen-bond donors (Lipinski definition) is 0. The highest BCUT2D eigenvalue weighted by Crippen LogP contribution is 2.41. The van der Waals surface area contributed by atoms with Gasteiger partial charge in [-0.25, -0.2) is 4.39 Å². The minimum Gasteiger partial charge on any atom is -0.548 e. The summed E-state index contributed by atoms with van der Waals surface area (Å²) in [4.78, 5) is 24.8. The second-order valence-electron chi connectivity index (χ2n) is 10.5. The van der Waals surface area contributed by atoms with Crippen LogP contribution in [0.5, 0.6) is 0 Å². The third-order valence-corrected chi connectivity index (χ3v) is 7.65. The number of aryl methyl sites for hydroxylation is 1. The second kappa shape index (κ2) is 15.2. The SMILES string of the molecule is CCCCCCCCCc1ccc(C2C=CC(C(=O)[O-])(C(=O)OC(CC(CC)CC)C(F)(F)F)C(F)=C2)cc1. The summed E-state index contributed by atoms with van der Waals surface area (Å²) >= 11 is 0. The van der Waals surface area contributed by atoms with E-state index < -0.39 is 53.7 Å². The lowest BCUT2D eigenvalue weighted by Crippen LogP contribution is -2.51. The number of carbonyl (C=O) groups excluding carboxylic acids is 2. The summed E-state index contributed by atoms with van der Waals surface area (Å²) in [5.41, 5.74) is -1.28. The van der Waals surface area contributed by atoms with Crippen LogP contribution in [-0.4, -0.2) is 24.2 Å². The zero-order valence-corrected chi connectivity index (χ0v) is 23.2. The molecular formula is C31H41F4O4-. The average molecular weight is 554 g/mol. The molecule has 3 unspecified atom stereocenters. The molecule has 0 saturated heterocycles. The third-order valence-electron chi connectivity index (χ3n) is 7.65. The molecule has 0 aromatic heterocycles. The van der Waals surface area contributed by atoms with Crippen LogP contribution in [-0.2, 0) is 20.7 Å². The fourth-order valence-electron chi connectivity index (χ4n) is 4.88. The van der Waals surface area contributed by atoms with Crippen LogP contribution >= 0.6 is 0 Å². The molecule has 0 N–H and O–H groups in total. The zero-order valence-electron chi connectivity index (χ0n) is 23.2. The quantitative estimate of drug-likeness (QED) is 0.0698. The van der Waals surface area contributed by atoms with Gasteiger partial charge < -0.3 is 14.6 Å². The Morgan fingerprint density at radius 2 is 1.56 bits per heavy atom. The molecule has 2 rings (SSSR count). The van der Waals surface area contributed by atoms with Gasteiger partial charge in [-0.3, -0.25) is 4.79 Å². The number of allylic oxidation sites excluding steroid dienone is 2. The Morgan fingerprint density at radius 3 is 2.08 bits per heavy atom. The molecule has 8 heteroatoms. The molecule has 1 aromatic rings. The zero-order chi connectivity index (χ0) is 29.1. The van der Waals surface area contributed by atoms with Gasteiger partial charge in [0.2, 0.25) is 0 Å². The Labute approximate surface area is 229 Å². The van der Waals surface area contributed by atoms with Crippen molar-refractivity contribution in [3.8, 4) is 0 Å². The first-order valence-corrected chi connectivity index (χ1v) is 14.1. The number of alkyl halides is 3. The van der Waals surface area contributed by atoms with E-state index in [1.807, 2.05) is 12.1 Å². The molecule has 0 heterocycles. The normalized spacial score (nSPS) is 20.1. The van der Waals surface area contributed by atoms with Gasteiger partial charge in [0.15, 0.2) is 11.5 Å². The monoisotopic (exact) mass is 553 g/mol. The lowest BCUT2D eigenvalue weighted by Gasteiger charge is -2.34. The van der Waals surface area contributed by atoms with E-state index >= 15 is 4.39 Å². The lowest BCUT2D eigenvalue weighted by molar-refractivity contribution is -0.315. The first-order chi connectivity index (χ1) is 18.5. The lowest BCUT2D eigenvalue weighted by atomic mass is 9.78. The fraction of sp³-hybridized carbons (Fsp3) is 0.613. The standard InChI is InChI=1S/C31H42F4O4/c1-4-7-8-9-10-11-12-13-23-14-16-24(17-15-23)25-18-19-30(28(36)37,26(32)21-25)29(38)39-27(31(33,34)35)20-22(5-2)6-3/h14-19,21-22,25,27H,4-13,20H2,1-3H3,(H,36,37)/p-1. The summed E-state index contributed by atoms with van der Waals surface area (Å²) in [6.07, 6.45) is 5.12. The van der Waals surface area contributed by atoms with Crippen molar-refractivity contribution in [1.82, 2.24) is 0 Å². The van der Waals surface area contributed by atoms with Gasteiger partial charge in [0, 0.05) is 5.92 Å². The van der Waals surface area contributed by atoms with Crippen molar-refractivity contribution < 1.29 is 37.0 Å². The van der Waals surface area contributed by atoms with Crippen LogP contribution in [0, 0.1) is 11.3 Å². The van der Waals surface area contributed by atoms with Gasteiger partial charge in [0.25, 0.3) is 0 Å². The Balaban J connectivity index is 2.10. The van der Waals surface area contributed by atoms with Crippen LogP contribution in [0.2, 0.25) is 0 Å². The van der Waals surface area contributed by atoms with Crippen LogP contribution in [0.3, 0.4) is 0 Å². The van der Waals surface area contributed by atoms with E-state index in [9.17, 15) is 27.9 Å². The van der Waals surface area contributed by atoms with E-state index in [1.165, 1.54) is 38.2 Å². The van der Waals surface area contributed by atoms with Crippen LogP contribution < -0.4 is 5.11 Å². The number of rotatable bonds is 16. The second-order valence-corrected chi connectivity index (χ2v) is 10.5. The van der Waals surface area contributed by atoms with Gasteiger partial charge in [0.1, 0.15) is 5.83 Å². The summed E-state index contributed by atoms with van der Waals surface area (Å²) < 4.78 is 60.8. The van der Waals surface area contributed by atoms with Gasteiger partial charge in [-0.2, -0.15) is 13.2 Å². The van der Waals surface area contributed by atoms with Gasteiger partial charge >= 0.3 is 12.1 Å². The van der Waals surface area contributed by atoms with Crippen molar-refractivity contribution in [1.29, 1.82) is 0 Å². The average Bonchev–Trinajstić information content (AvgIpc) is 2.90. The molecule has 0 bridgehead atoms. The maximum atomic E-state index is 15.3. The molecule has 1 aliphatic carbocycles. The smallest absolute Gasteiger partial charge is 0.425 e. The number of hydrogen-bond acceptors (Lipinski definition) is 4. The molecule has 0 spiro atoms. The van der Waals surface area contributed by atoms with Crippen molar-refractivity contribution in [3.05, 3.63) is 59.4 Å². The number of esters is 1. The van der Waals surface area contributed by atoms with Gasteiger partial charge in [0.05, 0.1) is 5.97 Å².